The second-order valence-electron chi connectivity index (χ2n) is 8.83. The number of aliphatic hydroxyl groups excluding tert-OH is 1. The highest BCUT2D eigenvalue weighted by Gasteiger charge is 2.06. The Balaban J connectivity index is 0.000000778. The minimum atomic E-state index is -0.327. The van der Waals surface area contributed by atoms with Crippen LogP contribution in [0, 0.1) is 0 Å². The Bertz CT molecular complexity index is 1390. The topological polar surface area (TPSA) is 222 Å². The highest BCUT2D eigenvalue weighted by atomic mass is 16.5. The van der Waals surface area contributed by atoms with Gasteiger partial charge in [0.15, 0.2) is 0 Å². The lowest BCUT2D eigenvalue weighted by Gasteiger charge is -2.08. The Morgan fingerprint density at radius 3 is 1.30 bits per heavy atom. The average molecular weight is 655 g/mol. The van der Waals surface area contributed by atoms with Crippen molar-refractivity contribution in [3.8, 4) is 23.0 Å². The molecule has 4 rings (SSSR count). The molecule has 0 saturated carbocycles. The molecule has 0 unspecified atom stereocenters. The van der Waals surface area contributed by atoms with Gasteiger partial charge in [0.05, 0.1) is 26.4 Å². The van der Waals surface area contributed by atoms with Crippen LogP contribution in [0.5, 0.6) is 23.0 Å². The minimum Gasteiger partial charge on any atom is -0.497 e. The maximum absolute atomic E-state index is 11.5. The van der Waals surface area contributed by atoms with Crippen LogP contribution < -0.4 is 41.9 Å². The van der Waals surface area contributed by atoms with Crippen LogP contribution in [0.2, 0.25) is 0 Å². The second-order valence-corrected chi connectivity index (χ2v) is 8.83. The maximum atomic E-state index is 11.5. The molecule has 4 aromatic rings. The van der Waals surface area contributed by atoms with Gasteiger partial charge in [-0.1, -0.05) is 24.3 Å². The predicted molar refractivity (Wildman–Crippen MR) is 180 cm³/mol. The molecule has 0 spiro atoms. The molecule has 13 nitrogen and oxygen atoms in total. The first kappa shape index (κ1) is 41.8. The van der Waals surface area contributed by atoms with Crippen LogP contribution in [0.15, 0.2) is 97.1 Å². The summed E-state index contributed by atoms with van der Waals surface area (Å²) in [6.45, 7) is 4.99. The molecule has 0 aliphatic carbocycles. The lowest BCUT2D eigenvalue weighted by Crippen LogP contribution is -2.29. The smallest absolute Gasteiger partial charge is 0.338 e. The quantitative estimate of drug-likeness (QED) is 0.0683. The zero-order valence-corrected chi connectivity index (χ0v) is 27.1. The lowest BCUT2D eigenvalue weighted by atomic mass is 10.2. The molecule has 0 aromatic heterocycles. The number of nitrogens with two attached hydrogens (primary N) is 3. The Kier molecular flexibility index (Phi) is 22.3. The second kappa shape index (κ2) is 25.1. The average Bonchev–Trinajstić information content (AvgIpc) is 3.12. The summed E-state index contributed by atoms with van der Waals surface area (Å²) < 4.78 is 26.4. The van der Waals surface area contributed by atoms with E-state index >= 15 is 0 Å². The molecule has 0 atom stereocenters. The number of benzene rings is 4. The monoisotopic (exact) mass is 654 g/mol. The molecule has 0 aliphatic heterocycles. The van der Waals surface area contributed by atoms with Crippen molar-refractivity contribution in [3.05, 3.63) is 119 Å². The van der Waals surface area contributed by atoms with Gasteiger partial charge in [-0.05, 0) is 97.8 Å². The molecule has 4 aromatic carbocycles. The van der Waals surface area contributed by atoms with E-state index in [-0.39, 0.29) is 24.0 Å². The Morgan fingerprint density at radius 2 is 0.979 bits per heavy atom. The maximum Gasteiger partial charge on any atom is 0.338 e. The number of ether oxygens (including phenoxy) is 5. The van der Waals surface area contributed by atoms with Gasteiger partial charge in [0.1, 0.15) is 36.2 Å². The first-order chi connectivity index (χ1) is 22.4. The molecule has 0 fully saturated rings. The van der Waals surface area contributed by atoms with Crippen LogP contribution in [0.25, 0.3) is 0 Å². The molecule has 47 heavy (non-hydrogen) atoms. The highest BCUT2D eigenvalue weighted by molar-refractivity contribution is 5.93. The van der Waals surface area contributed by atoms with Gasteiger partial charge in [0.25, 0.3) is 5.91 Å². The number of carbonyl (C=O) groups is 2. The number of aliphatic hydroxyl groups is 1. The minimum absolute atomic E-state index is 0. The third kappa shape index (κ3) is 16.1. The van der Waals surface area contributed by atoms with Crippen molar-refractivity contribution in [3.63, 3.8) is 0 Å². The van der Waals surface area contributed by atoms with Crippen LogP contribution >= 0.6 is 0 Å². The number of hydrogen-bond acceptors (Lipinski definition) is 11. The molecule has 0 heterocycles. The zero-order chi connectivity index (χ0) is 34.2. The van der Waals surface area contributed by atoms with E-state index in [0.717, 1.165) is 22.6 Å². The molecule has 10 N–H and O–H groups in total. The SMILES string of the molecule is CCO.CCOC(=O)c1ccc(OCc2ccc(OC)cc2)cc1.COc1ccc(COc2ccc(C(=O)NN)cc2)cc1.NN.O. The van der Waals surface area contributed by atoms with E-state index in [1.165, 1.54) is 0 Å². The van der Waals surface area contributed by atoms with E-state index in [2.05, 4.69) is 17.1 Å². The highest BCUT2D eigenvalue weighted by Crippen LogP contribution is 2.18. The van der Waals surface area contributed by atoms with Gasteiger partial charge in [0, 0.05) is 12.2 Å². The first-order valence-electron chi connectivity index (χ1n) is 14.2. The van der Waals surface area contributed by atoms with Gasteiger partial charge < -0.3 is 34.3 Å². The van der Waals surface area contributed by atoms with Crippen LogP contribution in [-0.2, 0) is 18.0 Å². The van der Waals surface area contributed by atoms with Crippen molar-refractivity contribution >= 4 is 11.9 Å². The van der Waals surface area contributed by atoms with Crippen LogP contribution in [0.3, 0.4) is 0 Å². The van der Waals surface area contributed by atoms with Gasteiger partial charge in [-0.25, -0.2) is 10.6 Å². The Labute approximate surface area is 275 Å². The molecule has 0 radical (unpaired) electrons. The largest absolute Gasteiger partial charge is 0.497 e. The number of hydrogen-bond donors (Lipinski definition) is 5. The summed E-state index contributed by atoms with van der Waals surface area (Å²) >= 11 is 0. The molecular weight excluding hydrogens is 608 g/mol. The summed E-state index contributed by atoms with van der Waals surface area (Å²) in [5, 5.41) is 7.57. The van der Waals surface area contributed by atoms with Crippen LogP contribution in [-0.4, -0.2) is 49.9 Å². The summed E-state index contributed by atoms with van der Waals surface area (Å²) in [6, 6.07) is 29.0. The standard InChI is InChI=1S/C17H18O4.C15H16N2O3.C2H6O.H4N2.H2O/c1-3-20-17(18)14-6-10-16(11-7-14)21-12-13-4-8-15(19-2)9-5-13;1-19-13-6-2-11(3-7-13)10-20-14-8-4-12(5-9-14)15(18)17-16;1-2-3;1-2;/h4-11H,3,12H2,1-2H3;2-9H,10,16H2,1H3,(H,17,18);3H,2H2,1H3;1-2H2;1H2. The lowest BCUT2D eigenvalue weighted by molar-refractivity contribution is 0.0526. The van der Waals surface area contributed by atoms with Crippen molar-refractivity contribution < 1.29 is 43.9 Å². The molecule has 0 aliphatic rings. The molecule has 0 bridgehead atoms. The summed E-state index contributed by atoms with van der Waals surface area (Å²) in [7, 11) is 3.27. The molecule has 13 heteroatoms. The third-order valence-corrected chi connectivity index (χ3v) is 5.74. The van der Waals surface area contributed by atoms with Crippen molar-refractivity contribution in [1.29, 1.82) is 0 Å². The summed E-state index contributed by atoms with van der Waals surface area (Å²) in [5.74, 6) is 15.4. The molecule has 1 amide bonds. The zero-order valence-electron chi connectivity index (χ0n) is 27.1. The van der Waals surface area contributed by atoms with Crippen molar-refractivity contribution in [1.82, 2.24) is 5.43 Å². The third-order valence-electron chi connectivity index (χ3n) is 5.74. The fraction of sp³-hybridized carbons (Fsp3) is 0.235. The van der Waals surface area contributed by atoms with E-state index in [1.54, 1.807) is 76.6 Å². The summed E-state index contributed by atoms with van der Waals surface area (Å²) in [4.78, 5) is 22.8. The molecular formula is C34H46N4O9. The number of rotatable bonds is 11. The van der Waals surface area contributed by atoms with Crippen molar-refractivity contribution in [2.45, 2.75) is 27.1 Å². The van der Waals surface area contributed by atoms with E-state index in [1.807, 2.05) is 48.5 Å². The van der Waals surface area contributed by atoms with Crippen molar-refractivity contribution in [2.24, 2.45) is 17.5 Å². The fourth-order valence-corrected chi connectivity index (χ4v) is 3.46. The number of esters is 1. The summed E-state index contributed by atoms with van der Waals surface area (Å²) in [6.07, 6.45) is 0. The van der Waals surface area contributed by atoms with E-state index in [4.69, 9.17) is 34.6 Å². The molecule has 0 saturated heterocycles. The van der Waals surface area contributed by atoms with Gasteiger partial charge in [0.2, 0.25) is 0 Å². The number of hydrazine groups is 2. The normalized spacial score (nSPS) is 9.19. The fourth-order valence-electron chi connectivity index (χ4n) is 3.46. The Hall–Kier alpha value is -5.18. The van der Waals surface area contributed by atoms with Crippen LogP contribution in [0.1, 0.15) is 45.7 Å². The number of nitrogens with one attached hydrogen (secondary N) is 1. The van der Waals surface area contributed by atoms with E-state index < -0.39 is 0 Å². The van der Waals surface area contributed by atoms with Gasteiger partial charge >= 0.3 is 5.97 Å². The van der Waals surface area contributed by atoms with Gasteiger partial charge in [-0.3, -0.25) is 21.9 Å². The summed E-state index contributed by atoms with van der Waals surface area (Å²) in [5.41, 5.74) is 5.17. The van der Waals surface area contributed by atoms with Crippen molar-refractivity contribution in [2.75, 3.05) is 27.4 Å². The van der Waals surface area contributed by atoms with E-state index in [9.17, 15) is 9.59 Å². The predicted octanol–water partition coefficient (Wildman–Crippen LogP) is 3.32. The van der Waals surface area contributed by atoms with Gasteiger partial charge in [-0.2, -0.15) is 0 Å². The van der Waals surface area contributed by atoms with E-state index in [0.29, 0.717) is 42.4 Å². The van der Waals surface area contributed by atoms with Gasteiger partial charge in [-0.15, -0.1) is 0 Å². The van der Waals surface area contributed by atoms with Crippen LogP contribution in [0.4, 0.5) is 0 Å². The number of methoxy groups -OCH3 is 2. The first-order valence-corrected chi connectivity index (χ1v) is 14.2. The number of amides is 1. The Morgan fingerprint density at radius 1 is 0.638 bits per heavy atom. The molecule has 256 valence electrons. The number of nitrogen functional groups attached to an aromatic ring is 1. The number of carbonyl (C=O) groups excluding carboxylic acids is 2.